The predicted molar refractivity (Wildman–Crippen MR) is 192 cm³/mol. The van der Waals surface area contributed by atoms with Crippen LogP contribution in [0.4, 0.5) is 0 Å². The Hall–Kier alpha value is -1.12. The van der Waals surface area contributed by atoms with Gasteiger partial charge in [0, 0.05) is 49.9 Å². The summed E-state index contributed by atoms with van der Waals surface area (Å²) in [5, 5.41) is 0. The SMILES string of the molecule is CCCCCCCCCCCC[n+]1ccccc1CCCCCCCCc1cccc[n+]1CCCCCCCCCCCC.[Cl-].[Cl-]. The predicted octanol–water partition coefficient (Wildman–Crippen LogP) is 6.24. The molecule has 0 saturated carbocycles. The van der Waals surface area contributed by atoms with Crippen LogP contribution in [0.3, 0.4) is 0 Å². The molecule has 0 aliphatic carbocycles. The Balaban J connectivity index is 0.0000101. The first-order valence-corrected chi connectivity index (χ1v) is 19.8. The van der Waals surface area contributed by atoms with Crippen molar-refractivity contribution in [1.82, 2.24) is 0 Å². The van der Waals surface area contributed by atoms with Crippen LogP contribution in [0.15, 0.2) is 48.8 Å². The van der Waals surface area contributed by atoms with E-state index in [0.717, 1.165) is 0 Å². The van der Waals surface area contributed by atoms with Crippen LogP contribution in [-0.4, -0.2) is 0 Å². The lowest BCUT2D eigenvalue weighted by molar-refractivity contribution is -0.704. The fraction of sp³-hybridized carbons (Fsp3) is 0.762. The normalized spacial score (nSPS) is 10.9. The smallest absolute Gasteiger partial charge is 0.181 e. The molecule has 2 nitrogen and oxygen atoms in total. The third-order valence-electron chi connectivity index (χ3n) is 9.69. The van der Waals surface area contributed by atoms with Gasteiger partial charge in [-0.3, -0.25) is 0 Å². The highest BCUT2D eigenvalue weighted by Crippen LogP contribution is 2.13. The van der Waals surface area contributed by atoms with Crippen LogP contribution in [0.2, 0.25) is 0 Å². The van der Waals surface area contributed by atoms with Crippen molar-refractivity contribution >= 4 is 0 Å². The maximum Gasteiger partial charge on any atom is 0.181 e. The molecular formula is C42H74Cl2N2. The summed E-state index contributed by atoms with van der Waals surface area (Å²) in [4.78, 5) is 0. The molecule has 266 valence electrons. The zero-order chi connectivity index (χ0) is 31.2. The summed E-state index contributed by atoms with van der Waals surface area (Å²) in [6, 6.07) is 13.6. The third kappa shape index (κ3) is 24.1. The number of nitrogens with zero attached hydrogens (tertiary/aromatic N) is 2. The highest BCUT2D eigenvalue weighted by atomic mass is 35.5. The average molecular weight is 678 g/mol. The molecule has 0 aromatic carbocycles. The number of pyridine rings is 2. The fourth-order valence-electron chi connectivity index (χ4n) is 6.77. The van der Waals surface area contributed by atoms with Gasteiger partial charge in [-0.15, -0.1) is 0 Å². The molecule has 0 radical (unpaired) electrons. The highest BCUT2D eigenvalue weighted by Gasteiger charge is 2.10. The van der Waals surface area contributed by atoms with E-state index >= 15 is 0 Å². The van der Waals surface area contributed by atoms with Crippen molar-refractivity contribution in [3.05, 3.63) is 60.2 Å². The van der Waals surface area contributed by atoms with E-state index in [1.54, 1.807) is 11.4 Å². The molecule has 4 heteroatoms. The Morgan fingerprint density at radius 3 is 0.957 bits per heavy atom. The molecule has 0 unspecified atom stereocenters. The van der Waals surface area contributed by atoms with E-state index in [1.165, 1.54) is 193 Å². The van der Waals surface area contributed by atoms with E-state index in [-0.39, 0.29) is 24.8 Å². The van der Waals surface area contributed by atoms with Gasteiger partial charge in [0.25, 0.3) is 0 Å². The molecule has 2 heterocycles. The van der Waals surface area contributed by atoms with Gasteiger partial charge in [-0.1, -0.05) is 154 Å². The number of hydrogen-bond acceptors (Lipinski definition) is 0. The monoisotopic (exact) mass is 677 g/mol. The number of halogens is 2. The van der Waals surface area contributed by atoms with Gasteiger partial charge >= 0.3 is 0 Å². The Morgan fingerprint density at radius 1 is 0.348 bits per heavy atom. The molecule has 0 aliphatic rings. The van der Waals surface area contributed by atoms with Gasteiger partial charge in [-0.25, -0.2) is 9.13 Å². The zero-order valence-electron chi connectivity index (χ0n) is 30.5. The third-order valence-corrected chi connectivity index (χ3v) is 9.69. The van der Waals surface area contributed by atoms with Crippen LogP contribution in [0, 0.1) is 0 Å². The summed E-state index contributed by atoms with van der Waals surface area (Å²) in [5.41, 5.74) is 3.08. The fourth-order valence-corrected chi connectivity index (χ4v) is 6.77. The van der Waals surface area contributed by atoms with Gasteiger partial charge in [0.1, 0.15) is 13.1 Å². The molecule has 0 bridgehead atoms. The van der Waals surface area contributed by atoms with Crippen molar-refractivity contribution in [3.8, 4) is 0 Å². The van der Waals surface area contributed by atoms with Crippen molar-refractivity contribution in [1.29, 1.82) is 0 Å². The molecule has 0 atom stereocenters. The van der Waals surface area contributed by atoms with Crippen LogP contribution in [0.25, 0.3) is 0 Å². The van der Waals surface area contributed by atoms with E-state index in [0.29, 0.717) is 0 Å². The number of aryl methyl sites for hydroxylation is 4. The number of aromatic nitrogens is 2. The molecule has 0 amide bonds. The van der Waals surface area contributed by atoms with Crippen molar-refractivity contribution in [2.75, 3.05) is 0 Å². The quantitative estimate of drug-likeness (QED) is 0.0660. The second-order valence-electron chi connectivity index (χ2n) is 13.8. The lowest BCUT2D eigenvalue weighted by Crippen LogP contribution is -3.00. The van der Waals surface area contributed by atoms with Crippen molar-refractivity contribution in [2.45, 2.75) is 207 Å². The maximum atomic E-state index is 2.54. The standard InChI is InChI=1S/C42H74N2.2ClH/c1-3-5-7-9-11-13-15-19-23-29-37-43-39-31-27-35-41(43)33-25-21-17-18-22-26-34-42-36-28-32-40-44(42)38-30-24-20-16-14-12-10-8-6-4-2;;/h27-28,31-32,35-36,39-40H,3-26,29-30,33-34,37-38H2,1-2H3;2*1H/q+2;;/p-2. The van der Waals surface area contributed by atoms with Crippen molar-refractivity contribution in [3.63, 3.8) is 0 Å². The molecule has 0 fully saturated rings. The zero-order valence-corrected chi connectivity index (χ0v) is 32.0. The Morgan fingerprint density at radius 2 is 0.630 bits per heavy atom. The summed E-state index contributed by atoms with van der Waals surface area (Å²) in [5.74, 6) is 0. The summed E-state index contributed by atoms with van der Waals surface area (Å²) in [6.07, 6.45) is 43.5. The molecule has 0 spiro atoms. The summed E-state index contributed by atoms with van der Waals surface area (Å²) >= 11 is 0. The maximum absolute atomic E-state index is 2.54. The van der Waals surface area contributed by atoms with Gasteiger partial charge < -0.3 is 24.8 Å². The summed E-state index contributed by atoms with van der Waals surface area (Å²) in [7, 11) is 0. The van der Waals surface area contributed by atoms with Crippen LogP contribution in [0.5, 0.6) is 0 Å². The van der Waals surface area contributed by atoms with Gasteiger partial charge in [-0.05, 0) is 25.7 Å². The van der Waals surface area contributed by atoms with E-state index in [2.05, 4.69) is 71.8 Å². The van der Waals surface area contributed by atoms with Gasteiger partial charge in [0.15, 0.2) is 23.8 Å². The largest absolute Gasteiger partial charge is 1.00 e. The van der Waals surface area contributed by atoms with Crippen LogP contribution in [0.1, 0.15) is 192 Å². The molecule has 0 saturated heterocycles. The molecule has 0 N–H and O–H groups in total. The average Bonchev–Trinajstić information content (AvgIpc) is 3.05. The first-order valence-electron chi connectivity index (χ1n) is 19.8. The van der Waals surface area contributed by atoms with Crippen molar-refractivity contribution < 1.29 is 33.9 Å². The lowest BCUT2D eigenvalue weighted by Gasteiger charge is -2.06. The van der Waals surface area contributed by atoms with E-state index in [1.807, 2.05) is 0 Å². The van der Waals surface area contributed by atoms with E-state index < -0.39 is 0 Å². The minimum absolute atomic E-state index is 0. The van der Waals surface area contributed by atoms with Gasteiger partial charge in [0.05, 0.1) is 0 Å². The summed E-state index contributed by atoms with van der Waals surface area (Å²) in [6.45, 7) is 7.01. The number of hydrogen-bond donors (Lipinski definition) is 0. The van der Waals surface area contributed by atoms with Gasteiger partial charge in [0.2, 0.25) is 0 Å². The lowest BCUT2D eigenvalue weighted by atomic mass is 10.0. The van der Waals surface area contributed by atoms with Gasteiger partial charge in [-0.2, -0.15) is 0 Å². The molecule has 2 aromatic rings. The molecule has 2 aromatic heterocycles. The summed E-state index contributed by atoms with van der Waals surface area (Å²) < 4.78 is 5.07. The Kier molecular flexibility index (Phi) is 32.9. The van der Waals surface area contributed by atoms with Crippen LogP contribution in [-0.2, 0) is 25.9 Å². The second-order valence-corrected chi connectivity index (χ2v) is 13.8. The van der Waals surface area contributed by atoms with E-state index in [4.69, 9.17) is 0 Å². The molecule has 46 heavy (non-hydrogen) atoms. The number of rotatable bonds is 31. The Labute approximate surface area is 299 Å². The minimum atomic E-state index is 0. The first-order chi connectivity index (χ1) is 21.8. The highest BCUT2D eigenvalue weighted by molar-refractivity contribution is 4.98. The van der Waals surface area contributed by atoms with E-state index in [9.17, 15) is 0 Å². The van der Waals surface area contributed by atoms with Crippen molar-refractivity contribution in [2.24, 2.45) is 0 Å². The van der Waals surface area contributed by atoms with Crippen LogP contribution >= 0.6 is 0 Å². The number of unbranched alkanes of at least 4 members (excludes halogenated alkanes) is 23. The van der Waals surface area contributed by atoms with Crippen LogP contribution < -0.4 is 33.9 Å². The minimum Gasteiger partial charge on any atom is -1.00 e. The molecular weight excluding hydrogens is 603 g/mol. The topological polar surface area (TPSA) is 7.76 Å². The molecule has 2 rings (SSSR count). The Bertz CT molecular complexity index is 829. The first kappa shape index (κ1) is 44.9. The molecule has 0 aliphatic heterocycles. The second kappa shape index (κ2) is 33.8.